The third-order valence-corrected chi connectivity index (χ3v) is 1.87. The molecule has 0 aliphatic carbocycles. The van der Waals surface area contributed by atoms with Crippen molar-refractivity contribution in [2.24, 2.45) is 0 Å². The zero-order chi connectivity index (χ0) is 9.03. The minimum Gasteiger partial charge on any atom is -0.472 e. The van der Waals surface area contributed by atoms with Crippen LogP contribution in [0.15, 0.2) is 23.0 Å². The summed E-state index contributed by atoms with van der Waals surface area (Å²) in [7, 11) is -3.64. The molecule has 1 aromatic heterocycles. The van der Waals surface area contributed by atoms with E-state index in [-0.39, 0.29) is 5.19 Å². The van der Waals surface area contributed by atoms with Crippen molar-refractivity contribution >= 4 is 14.0 Å². The van der Waals surface area contributed by atoms with Crippen LogP contribution in [-0.4, -0.2) is 27.5 Å². The number of hydrogen-bond donors (Lipinski definition) is 3. The van der Waals surface area contributed by atoms with Crippen LogP contribution in [0.2, 0.25) is 0 Å². The van der Waals surface area contributed by atoms with E-state index in [0.717, 1.165) is 0 Å². The smallest absolute Gasteiger partial charge is 0.472 e. The van der Waals surface area contributed by atoms with Crippen molar-refractivity contribution in [2.75, 3.05) is 0 Å². The summed E-state index contributed by atoms with van der Waals surface area (Å²) in [5.74, 6) is 0. The van der Waals surface area contributed by atoms with E-state index in [1.165, 1.54) is 18.6 Å². The summed E-state index contributed by atoms with van der Waals surface area (Å²) in [5, 5.41) is 0.266. The molecule has 0 aliphatic rings. The molecule has 50 valence electrons. The lowest BCUT2D eigenvalue weighted by atomic mass is 10.7. The zero-order valence-electron chi connectivity index (χ0n) is 7.37. The van der Waals surface area contributed by atoms with Crippen molar-refractivity contribution in [3.8, 4) is 0 Å². The third-order valence-electron chi connectivity index (χ3n) is 0.875. The maximum atomic E-state index is 6.61. The summed E-state index contributed by atoms with van der Waals surface area (Å²) in [6.07, 6.45) is 2.53. The quantitative estimate of drug-likeness (QED) is 0.454. The van der Waals surface area contributed by atoms with Crippen LogP contribution >= 0.6 is 0 Å². The summed E-state index contributed by atoms with van der Waals surface area (Å²) in [6, 6.07) is 1.42. The number of hydrogen-bond acceptors (Lipinski definition) is 4. The fraction of sp³-hybridized carbons (Fsp3) is 0. The van der Waals surface area contributed by atoms with Gasteiger partial charge in [0.1, 0.15) is 0 Å². The predicted molar refractivity (Wildman–Crippen MR) is 30.8 cm³/mol. The van der Waals surface area contributed by atoms with Gasteiger partial charge >= 0.3 is 8.80 Å². The fourth-order valence-corrected chi connectivity index (χ4v) is 0.923. The van der Waals surface area contributed by atoms with Crippen LogP contribution < -0.4 is 5.19 Å². The summed E-state index contributed by atoms with van der Waals surface area (Å²) >= 11 is 0. The summed E-state index contributed by atoms with van der Waals surface area (Å²) in [6.45, 7) is 0. The van der Waals surface area contributed by atoms with E-state index in [2.05, 4.69) is 18.8 Å². The van der Waals surface area contributed by atoms with E-state index in [1.54, 1.807) is 0 Å². The van der Waals surface area contributed by atoms with Gasteiger partial charge in [-0.15, -0.1) is 0 Å². The molecular formula is C4H6O4Si. The Kier molecular flexibility index (Phi) is 0.766. The van der Waals surface area contributed by atoms with Gasteiger partial charge in [-0.05, 0) is 6.07 Å². The third kappa shape index (κ3) is 1.39. The second kappa shape index (κ2) is 1.96. The summed E-state index contributed by atoms with van der Waals surface area (Å²) < 4.78 is 24.5. The molecule has 0 unspecified atom stereocenters. The van der Waals surface area contributed by atoms with Gasteiger partial charge < -0.3 is 18.8 Å². The standard InChI is InChI=1S/C4H6O4Si/c5-9(6,7)4-1-2-8-3-4/h1-3,5-7H/i5T,6T,7T. The van der Waals surface area contributed by atoms with Gasteiger partial charge in [0.25, 0.3) is 0 Å². The number of furan rings is 1. The van der Waals surface area contributed by atoms with Crippen LogP contribution in [0.25, 0.3) is 0 Å². The molecule has 0 aromatic carbocycles. The molecular weight excluding hydrogens is 140 g/mol. The summed E-state index contributed by atoms with van der Waals surface area (Å²) in [5.41, 5.74) is 0. The molecule has 9 heavy (non-hydrogen) atoms. The van der Waals surface area contributed by atoms with Crippen molar-refractivity contribution < 1.29 is 18.8 Å². The van der Waals surface area contributed by atoms with Crippen LogP contribution in [-0.2, 0) is 0 Å². The van der Waals surface area contributed by atoms with Crippen molar-refractivity contribution in [1.82, 2.24) is 0 Å². The highest BCUT2D eigenvalue weighted by molar-refractivity contribution is 6.71. The molecule has 0 bridgehead atoms. The van der Waals surface area contributed by atoms with Crippen molar-refractivity contribution in [2.45, 2.75) is 0 Å². The van der Waals surface area contributed by atoms with Crippen molar-refractivity contribution in [3.05, 3.63) is 18.6 Å². The lowest BCUT2D eigenvalue weighted by Crippen LogP contribution is -2.47. The van der Waals surface area contributed by atoms with Crippen LogP contribution in [0.3, 0.4) is 0 Å². The van der Waals surface area contributed by atoms with Gasteiger partial charge in [-0.1, -0.05) is 0 Å². The lowest BCUT2D eigenvalue weighted by Gasteiger charge is -2.03. The average Bonchev–Trinajstić information content (AvgIpc) is 2.62. The second-order valence-corrected chi connectivity index (χ2v) is 3.26. The first kappa shape index (κ1) is 3.52. The highest BCUT2D eigenvalue weighted by Crippen LogP contribution is 1.90. The van der Waals surface area contributed by atoms with E-state index in [4.69, 9.17) is 4.29 Å². The molecule has 4 nitrogen and oxygen atoms in total. The van der Waals surface area contributed by atoms with Crippen LogP contribution in [0.4, 0.5) is 0 Å². The molecule has 0 spiro atoms. The Morgan fingerprint density at radius 2 is 2.33 bits per heavy atom. The van der Waals surface area contributed by atoms with E-state index >= 15 is 0 Å². The topological polar surface area (TPSA) is 73.8 Å². The Labute approximate surface area is 56.8 Å². The Balaban J connectivity index is 2.93. The Bertz CT molecular complexity index is 216. The Morgan fingerprint density at radius 1 is 1.56 bits per heavy atom. The summed E-state index contributed by atoms with van der Waals surface area (Å²) in [4.78, 5) is 12.3. The van der Waals surface area contributed by atoms with Gasteiger partial charge in [0, 0.05) is 0 Å². The minimum atomic E-state index is -3.64. The molecule has 0 aliphatic heterocycles. The van der Waals surface area contributed by atoms with Gasteiger partial charge in [0.05, 0.1) is 17.7 Å². The first-order valence-corrected chi connectivity index (χ1v) is 3.97. The van der Waals surface area contributed by atoms with Gasteiger partial charge in [0.2, 0.25) is 0 Å². The maximum Gasteiger partial charge on any atom is 0.532 e. The second-order valence-electron chi connectivity index (χ2n) is 1.57. The Morgan fingerprint density at radius 3 is 2.78 bits per heavy atom. The number of rotatable bonds is 4. The van der Waals surface area contributed by atoms with Crippen molar-refractivity contribution in [1.29, 1.82) is 4.29 Å². The fourth-order valence-electron chi connectivity index (χ4n) is 0.439. The molecule has 0 amide bonds. The highest BCUT2D eigenvalue weighted by Gasteiger charge is 2.31. The van der Waals surface area contributed by atoms with Crippen LogP contribution in [0, 0.1) is 0 Å². The highest BCUT2D eigenvalue weighted by atomic mass is 28.4. The first-order valence-electron chi connectivity index (χ1n) is 3.47. The molecule has 3 N–H and O–H groups in total. The van der Waals surface area contributed by atoms with E-state index < -0.39 is 8.80 Å². The zero-order valence-corrected chi connectivity index (χ0v) is 5.37. The molecule has 1 aromatic rings. The van der Waals surface area contributed by atoms with Gasteiger partial charge in [-0.2, -0.15) is 0 Å². The van der Waals surface area contributed by atoms with Crippen LogP contribution in [0.1, 0.15) is 0 Å². The largest absolute Gasteiger partial charge is 0.532 e. The van der Waals surface area contributed by atoms with E-state index in [1.807, 2.05) is 0 Å². The lowest BCUT2D eigenvalue weighted by molar-refractivity contribution is 0.249. The van der Waals surface area contributed by atoms with Crippen molar-refractivity contribution in [3.63, 3.8) is 0 Å². The minimum absolute atomic E-state index is 0.266. The SMILES string of the molecule is [3H]O[Si](O[3H])(O[3H])c1ccoc1. The van der Waals surface area contributed by atoms with Gasteiger partial charge in [0.15, 0.2) is 4.29 Å². The van der Waals surface area contributed by atoms with Crippen LogP contribution in [0.5, 0.6) is 0 Å². The van der Waals surface area contributed by atoms with Gasteiger partial charge in [-0.25, -0.2) is 0 Å². The normalized spacial score (nSPS) is 16.2. The van der Waals surface area contributed by atoms with E-state index in [9.17, 15) is 0 Å². The molecule has 0 fully saturated rings. The van der Waals surface area contributed by atoms with Gasteiger partial charge in [-0.3, -0.25) is 0 Å². The molecule has 0 saturated carbocycles. The first-order chi connectivity index (χ1) is 5.79. The molecule has 0 atom stereocenters. The molecule has 0 saturated heterocycles. The maximum absolute atomic E-state index is 6.61. The van der Waals surface area contributed by atoms with E-state index in [0.29, 0.717) is 0 Å². The predicted octanol–water partition coefficient (Wildman–Crippen LogP) is -1.60. The molecule has 5 heteroatoms. The molecule has 1 rings (SSSR count). The average molecular weight is 152 g/mol. The monoisotopic (exact) mass is 152 g/mol. The Hall–Kier alpha value is -0.623. The molecule has 0 radical (unpaired) electrons. The molecule has 1 heterocycles.